The van der Waals surface area contributed by atoms with Gasteiger partial charge in [-0.3, -0.25) is 0 Å². The lowest BCUT2D eigenvalue weighted by molar-refractivity contribution is 1.01. The van der Waals surface area contributed by atoms with Crippen LogP contribution in [0.5, 0.6) is 0 Å². The van der Waals surface area contributed by atoms with E-state index < -0.39 is 0 Å². The van der Waals surface area contributed by atoms with Crippen molar-refractivity contribution in [2.45, 2.75) is 0 Å². The number of thiophene rings is 2. The van der Waals surface area contributed by atoms with Gasteiger partial charge in [0, 0.05) is 47.6 Å². The molecule has 0 amide bonds. The molecule has 0 saturated carbocycles. The van der Waals surface area contributed by atoms with Gasteiger partial charge in [-0.05, 0) is 72.8 Å². The highest BCUT2D eigenvalue weighted by atomic mass is 32.1. The van der Waals surface area contributed by atoms with Crippen LogP contribution in [0.1, 0.15) is 0 Å². The van der Waals surface area contributed by atoms with Crippen LogP contribution in [0.4, 0.5) is 32.8 Å². The number of rotatable bonds is 6. The lowest BCUT2D eigenvalue weighted by Gasteiger charge is -2.23. The van der Waals surface area contributed by atoms with E-state index in [0.717, 1.165) is 22.7 Å². The average Bonchev–Trinajstić information content (AvgIpc) is 3.85. The summed E-state index contributed by atoms with van der Waals surface area (Å²) in [6.45, 7) is 0. The van der Waals surface area contributed by atoms with Crippen LogP contribution in [0.15, 0.2) is 146 Å². The Morgan fingerprint density at radius 2 is 0.696 bits per heavy atom. The molecule has 5 aromatic carbocycles. The van der Waals surface area contributed by atoms with E-state index >= 15 is 0 Å². The Kier molecular flexibility index (Phi) is 6.27. The molecule has 0 saturated heterocycles. The van der Waals surface area contributed by atoms with Crippen LogP contribution in [-0.4, -0.2) is 9.13 Å². The fourth-order valence-corrected chi connectivity index (χ4v) is 9.22. The first-order valence-corrected chi connectivity index (χ1v) is 17.0. The van der Waals surface area contributed by atoms with Crippen molar-refractivity contribution < 1.29 is 0 Å². The Balaban J connectivity index is 1.21. The number of aryl methyl sites for hydroxylation is 2. The summed E-state index contributed by atoms with van der Waals surface area (Å²) < 4.78 is 7.37. The normalized spacial score (nSPS) is 11.7. The van der Waals surface area contributed by atoms with Crippen LogP contribution in [0.3, 0.4) is 0 Å². The van der Waals surface area contributed by atoms with Crippen molar-refractivity contribution in [2.24, 2.45) is 14.1 Å². The molecule has 0 unspecified atom stereocenters. The van der Waals surface area contributed by atoms with Crippen molar-refractivity contribution in [2.75, 3.05) is 9.80 Å². The number of anilines is 6. The first kappa shape index (κ1) is 27.0. The van der Waals surface area contributed by atoms with Crippen molar-refractivity contribution in [1.82, 2.24) is 9.13 Å². The van der Waals surface area contributed by atoms with Gasteiger partial charge in [-0.25, -0.2) is 0 Å². The summed E-state index contributed by atoms with van der Waals surface area (Å²) in [6.07, 6.45) is 0. The first-order valence-electron chi connectivity index (χ1n) is 15.4. The highest BCUT2D eigenvalue weighted by molar-refractivity contribution is 7.24. The molecule has 46 heavy (non-hydrogen) atoms. The second-order valence-electron chi connectivity index (χ2n) is 11.6. The van der Waals surface area contributed by atoms with Gasteiger partial charge in [-0.1, -0.05) is 72.8 Å². The van der Waals surface area contributed by atoms with E-state index in [4.69, 9.17) is 0 Å². The number of hydrogen-bond acceptors (Lipinski definition) is 4. The van der Waals surface area contributed by atoms with Gasteiger partial charge in [-0.15, -0.1) is 22.7 Å². The van der Waals surface area contributed by atoms with E-state index in [1.165, 1.54) is 52.2 Å². The third kappa shape index (κ3) is 4.18. The number of aromatic nitrogens is 2. The van der Waals surface area contributed by atoms with E-state index in [1.807, 2.05) is 22.7 Å². The maximum atomic E-state index is 2.40. The standard InChI is InChI=1S/C40H30N4S2/c1-41-33-23-32-34(42(2)36-26-38(46-40(32)36)44(29-19-11-5-12-20-29)30-21-13-6-14-22-30)24-31(33)39-35(41)25-37(45-39)43(27-15-7-3-8-16-27)28-17-9-4-10-18-28/h3-26H,1-2H3. The van der Waals surface area contributed by atoms with Crippen LogP contribution in [0, 0.1) is 0 Å². The zero-order valence-corrected chi connectivity index (χ0v) is 27.1. The van der Waals surface area contributed by atoms with Crippen molar-refractivity contribution in [3.05, 3.63) is 146 Å². The number of fused-ring (bicyclic) bond motifs is 6. The molecule has 9 rings (SSSR count). The van der Waals surface area contributed by atoms with Crippen LogP contribution >= 0.6 is 22.7 Å². The van der Waals surface area contributed by atoms with Gasteiger partial charge in [-0.2, -0.15) is 0 Å². The molecule has 222 valence electrons. The minimum absolute atomic E-state index is 1.16. The molecule has 4 nitrogen and oxygen atoms in total. The van der Waals surface area contributed by atoms with E-state index in [-0.39, 0.29) is 0 Å². The van der Waals surface area contributed by atoms with Crippen LogP contribution < -0.4 is 9.80 Å². The molecule has 9 aromatic rings. The summed E-state index contributed by atoms with van der Waals surface area (Å²) in [4.78, 5) is 4.72. The summed E-state index contributed by atoms with van der Waals surface area (Å²) in [5.74, 6) is 0. The van der Waals surface area contributed by atoms with Gasteiger partial charge >= 0.3 is 0 Å². The van der Waals surface area contributed by atoms with E-state index in [2.05, 4.69) is 179 Å². The molecule has 0 atom stereocenters. The first-order chi connectivity index (χ1) is 22.7. The third-order valence-electron chi connectivity index (χ3n) is 8.95. The molecule has 0 aliphatic heterocycles. The molecule has 4 aromatic heterocycles. The Morgan fingerprint density at radius 1 is 0.391 bits per heavy atom. The highest BCUT2D eigenvalue weighted by Crippen LogP contribution is 2.48. The maximum Gasteiger partial charge on any atom is 0.103 e. The monoisotopic (exact) mass is 630 g/mol. The quantitative estimate of drug-likeness (QED) is 0.182. The SMILES string of the molecule is Cn1c2cc3c4sc(N(c5ccccc5)c5ccccc5)cc4n(C)c3cc2c2sc(N(c3ccccc3)c3ccccc3)cc21. The van der Waals surface area contributed by atoms with Gasteiger partial charge in [0.1, 0.15) is 10.0 Å². The predicted octanol–water partition coefficient (Wildman–Crippen LogP) is 12.0. The van der Waals surface area contributed by atoms with Gasteiger partial charge in [0.2, 0.25) is 0 Å². The average molecular weight is 631 g/mol. The molecule has 0 fully saturated rings. The highest BCUT2D eigenvalue weighted by Gasteiger charge is 2.23. The van der Waals surface area contributed by atoms with Gasteiger partial charge < -0.3 is 18.9 Å². The summed E-state index contributed by atoms with van der Waals surface area (Å²) in [7, 11) is 4.41. The fraction of sp³-hybridized carbons (Fsp3) is 0.0500. The number of hydrogen-bond donors (Lipinski definition) is 0. The third-order valence-corrected chi connectivity index (χ3v) is 11.2. The van der Waals surface area contributed by atoms with Crippen LogP contribution in [0.25, 0.3) is 42.2 Å². The second-order valence-corrected chi connectivity index (χ2v) is 13.7. The Bertz CT molecular complexity index is 2230. The smallest absolute Gasteiger partial charge is 0.103 e. The van der Waals surface area contributed by atoms with E-state index in [9.17, 15) is 0 Å². The van der Waals surface area contributed by atoms with Crippen LogP contribution in [-0.2, 0) is 14.1 Å². The second kappa shape index (κ2) is 10.7. The zero-order chi connectivity index (χ0) is 30.8. The van der Waals surface area contributed by atoms with Crippen molar-refractivity contribution >= 4 is 97.7 Å². The van der Waals surface area contributed by atoms with Crippen molar-refractivity contribution in [3.63, 3.8) is 0 Å². The molecule has 0 aliphatic carbocycles. The summed E-state index contributed by atoms with van der Waals surface area (Å²) >= 11 is 3.72. The molecular weight excluding hydrogens is 601 g/mol. The van der Waals surface area contributed by atoms with Gasteiger partial charge in [0.05, 0.1) is 31.5 Å². The Labute approximate surface area is 275 Å². The van der Waals surface area contributed by atoms with E-state index in [1.54, 1.807) is 0 Å². The molecule has 0 radical (unpaired) electrons. The molecule has 0 spiro atoms. The van der Waals surface area contributed by atoms with Crippen molar-refractivity contribution in [1.29, 1.82) is 0 Å². The summed E-state index contributed by atoms with van der Waals surface area (Å²) in [6, 6.07) is 52.1. The largest absolute Gasteiger partial charge is 0.343 e. The Hall–Kier alpha value is -5.30. The minimum Gasteiger partial charge on any atom is -0.343 e. The number of para-hydroxylation sites is 4. The minimum atomic E-state index is 1.16. The Morgan fingerprint density at radius 3 is 1.00 bits per heavy atom. The van der Waals surface area contributed by atoms with E-state index in [0.29, 0.717) is 0 Å². The van der Waals surface area contributed by atoms with Crippen molar-refractivity contribution in [3.8, 4) is 0 Å². The lowest BCUT2D eigenvalue weighted by atomic mass is 10.2. The zero-order valence-electron chi connectivity index (χ0n) is 25.5. The summed E-state index contributed by atoms with van der Waals surface area (Å²) in [5, 5.41) is 5.01. The van der Waals surface area contributed by atoms with Crippen LogP contribution in [0.2, 0.25) is 0 Å². The topological polar surface area (TPSA) is 16.3 Å². The molecule has 6 heteroatoms. The number of nitrogens with zero attached hydrogens (tertiary/aromatic N) is 4. The molecular formula is C40H30N4S2. The summed E-state index contributed by atoms with van der Waals surface area (Å²) in [5.41, 5.74) is 9.66. The molecule has 4 heterocycles. The fourth-order valence-electron chi connectivity index (χ4n) is 6.71. The van der Waals surface area contributed by atoms with Gasteiger partial charge in [0.25, 0.3) is 0 Å². The molecule has 0 N–H and O–H groups in total. The molecule has 0 bridgehead atoms. The predicted molar refractivity (Wildman–Crippen MR) is 200 cm³/mol. The number of benzene rings is 5. The maximum absolute atomic E-state index is 2.40. The molecule has 0 aliphatic rings. The van der Waals surface area contributed by atoms with Gasteiger partial charge in [0.15, 0.2) is 0 Å². The lowest BCUT2D eigenvalue weighted by Crippen LogP contribution is -2.07.